The average Bonchev–Trinajstić information content (AvgIpc) is 2.01. The van der Waals surface area contributed by atoms with Crippen molar-refractivity contribution in [2.24, 2.45) is 16.6 Å². The van der Waals surface area contributed by atoms with E-state index in [0.717, 1.165) is 19.6 Å². The molecule has 0 aromatic carbocycles. The van der Waals surface area contributed by atoms with E-state index in [4.69, 9.17) is 5.73 Å². The third kappa shape index (κ3) is 3.28. The van der Waals surface area contributed by atoms with Crippen LogP contribution in [0.2, 0.25) is 0 Å². The summed E-state index contributed by atoms with van der Waals surface area (Å²) in [6, 6.07) is 0. The molecule has 0 radical (unpaired) electrons. The molecule has 1 rings (SSSR count). The normalized spacial score (nSPS) is 21.2. The first-order valence-corrected chi connectivity index (χ1v) is 5.38. The quantitative estimate of drug-likeness (QED) is 0.683. The van der Waals surface area contributed by atoms with Gasteiger partial charge in [-0.2, -0.15) is 0 Å². The van der Waals surface area contributed by atoms with Crippen LogP contribution in [0.1, 0.15) is 40.0 Å². The third-order valence-electron chi connectivity index (χ3n) is 3.27. The van der Waals surface area contributed by atoms with Crippen molar-refractivity contribution in [2.45, 2.75) is 40.0 Å². The molecule has 1 saturated carbocycles. The molecule has 1 aliphatic rings. The summed E-state index contributed by atoms with van der Waals surface area (Å²) in [4.78, 5) is 0. The van der Waals surface area contributed by atoms with Crippen LogP contribution in [0.4, 0.5) is 0 Å². The lowest BCUT2D eigenvalue weighted by molar-refractivity contribution is 0.150. The number of hydrogen-bond acceptors (Lipinski definition) is 2. The Morgan fingerprint density at radius 3 is 2.38 bits per heavy atom. The van der Waals surface area contributed by atoms with Gasteiger partial charge in [0, 0.05) is 13.1 Å². The lowest BCUT2D eigenvalue weighted by Gasteiger charge is -2.39. The monoisotopic (exact) mass is 184 g/mol. The molecule has 0 aromatic rings. The maximum atomic E-state index is 5.66. The summed E-state index contributed by atoms with van der Waals surface area (Å²) in [6.45, 7) is 9.76. The van der Waals surface area contributed by atoms with Crippen LogP contribution in [0.25, 0.3) is 0 Å². The van der Waals surface area contributed by atoms with Gasteiger partial charge in [-0.15, -0.1) is 0 Å². The molecule has 0 aliphatic heterocycles. The Balaban J connectivity index is 2.13. The van der Waals surface area contributed by atoms with Gasteiger partial charge >= 0.3 is 0 Å². The second kappa shape index (κ2) is 3.97. The van der Waals surface area contributed by atoms with Crippen molar-refractivity contribution < 1.29 is 0 Å². The molecule has 0 unspecified atom stereocenters. The first-order valence-electron chi connectivity index (χ1n) is 5.38. The Hall–Kier alpha value is -0.0800. The van der Waals surface area contributed by atoms with Gasteiger partial charge < -0.3 is 11.1 Å². The van der Waals surface area contributed by atoms with Gasteiger partial charge in [-0.05, 0) is 30.2 Å². The summed E-state index contributed by atoms with van der Waals surface area (Å²) < 4.78 is 0. The number of nitrogens with one attached hydrogen (secondary N) is 1. The predicted molar refractivity (Wildman–Crippen MR) is 57.7 cm³/mol. The molecule has 0 heterocycles. The summed E-state index contributed by atoms with van der Waals surface area (Å²) in [6.07, 6.45) is 4.20. The molecule has 0 amide bonds. The van der Waals surface area contributed by atoms with Gasteiger partial charge in [0.15, 0.2) is 0 Å². The summed E-state index contributed by atoms with van der Waals surface area (Å²) in [5.41, 5.74) is 6.50. The van der Waals surface area contributed by atoms with Crippen molar-refractivity contribution in [1.82, 2.24) is 5.32 Å². The molecule has 2 heteroatoms. The number of hydrogen-bond donors (Lipinski definition) is 2. The molecule has 3 N–H and O–H groups in total. The Labute approximate surface area is 82.3 Å². The van der Waals surface area contributed by atoms with Crippen LogP contribution in [0.3, 0.4) is 0 Å². The van der Waals surface area contributed by atoms with Crippen LogP contribution in [-0.2, 0) is 0 Å². The van der Waals surface area contributed by atoms with Gasteiger partial charge in [-0.3, -0.25) is 0 Å². The summed E-state index contributed by atoms with van der Waals surface area (Å²) in [7, 11) is 0. The zero-order valence-corrected chi connectivity index (χ0v) is 9.32. The van der Waals surface area contributed by atoms with E-state index in [2.05, 4.69) is 26.1 Å². The molecule has 13 heavy (non-hydrogen) atoms. The topological polar surface area (TPSA) is 38.0 Å². The fraction of sp³-hybridized carbons (Fsp3) is 1.00. The highest BCUT2D eigenvalue weighted by Gasteiger charge is 2.31. The Bertz CT molecular complexity index is 148. The van der Waals surface area contributed by atoms with Crippen molar-refractivity contribution in [3.05, 3.63) is 0 Å². The SMILES string of the molecule is CC(C)(CN)CNCC1(C)CCC1. The third-order valence-corrected chi connectivity index (χ3v) is 3.27. The lowest BCUT2D eigenvalue weighted by atomic mass is 9.70. The van der Waals surface area contributed by atoms with Crippen LogP contribution >= 0.6 is 0 Å². The molecule has 0 aromatic heterocycles. The van der Waals surface area contributed by atoms with Crippen molar-refractivity contribution in [3.8, 4) is 0 Å². The second-order valence-corrected chi connectivity index (χ2v) is 5.64. The maximum Gasteiger partial charge on any atom is 0.00148 e. The van der Waals surface area contributed by atoms with E-state index in [1.165, 1.54) is 19.3 Å². The van der Waals surface area contributed by atoms with Crippen LogP contribution in [0.15, 0.2) is 0 Å². The minimum atomic E-state index is 0.250. The van der Waals surface area contributed by atoms with Crippen molar-refractivity contribution >= 4 is 0 Å². The highest BCUT2D eigenvalue weighted by atomic mass is 14.9. The molecular weight excluding hydrogens is 160 g/mol. The first kappa shape index (κ1) is 11.0. The Kier molecular flexibility index (Phi) is 3.36. The second-order valence-electron chi connectivity index (χ2n) is 5.64. The zero-order chi connectivity index (χ0) is 9.95. The first-order chi connectivity index (χ1) is 5.97. The minimum absolute atomic E-state index is 0.250. The minimum Gasteiger partial charge on any atom is -0.330 e. The van der Waals surface area contributed by atoms with E-state index in [1.54, 1.807) is 0 Å². The lowest BCUT2D eigenvalue weighted by Crippen LogP contribution is -2.42. The molecule has 1 fully saturated rings. The standard InChI is InChI=1S/C11H24N2/c1-10(2,7-12)8-13-9-11(3)5-4-6-11/h13H,4-9,12H2,1-3H3. The number of rotatable bonds is 5. The van der Waals surface area contributed by atoms with Gasteiger partial charge in [0.2, 0.25) is 0 Å². The van der Waals surface area contributed by atoms with E-state index in [9.17, 15) is 0 Å². The molecule has 78 valence electrons. The fourth-order valence-electron chi connectivity index (χ4n) is 1.73. The van der Waals surface area contributed by atoms with E-state index < -0.39 is 0 Å². The van der Waals surface area contributed by atoms with Crippen LogP contribution in [0, 0.1) is 10.8 Å². The highest BCUT2D eigenvalue weighted by molar-refractivity contribution is 4.86. The van der Waals surface area contributed by atoms with E-state index >= 15 is 0 Å². The van der Waals surface area contributed by atoms with Crippen molar-refractivity contribution in [3.63, 3.8) is 0 Å². The predicted octanol–water partition coefficient (Wildman–Crippen LogP) is 1.75. The molecule has 0 spiro atoms. The number of nitrogens with two attached hydrogens (primary N) is 1. The molecular formula is C11H24N2. The van der Waals surface area contributed by atoms with Crippen molar-refractivity contribution in [1.29, 1.82) is 0 Å². The van der Waals surface area contributed by atoms with Crippen molar-refractivity contribution in [2.75, 3.05) is 19.6 Å². The van der Waals surface area contributed by atoms with Crippen LogP contribution in [0.5, 0.6) is 0 Å². The maximum absolute atomic E-state index is 5.66. The van der Waals surface area contributed by atoms with Gasteiger partial charge in [0.05, 0.1) is 0 Å². The summed E-state index contributed by atoms with van der Waals surface area (Å²) in [5, 5.41) is 3.54. The van der Waals surface area contributed by atoms with Gasteiger partial charge in [-0.1, -0.05) is 27.2 Å². The average molecular weight is 184 g/mol. The van der Waals surface area contributed by atoms with Gasteiger partial charge in [0.1, 0.15) is 0 Å². The smallest absolute Gasteiger partial charge is 0.00148 e. The van der Waals surface area contributed by atoms with E-state index in [-0.39, 0.29) is 5.41 Å². The Morgan fingerprint density at radius 1 is 1.38 bits per heavy atom. The highest BCUT2D eigenvalue weighted by Crippen LogP contribution is 2.39. The Morgan fingerprint density at radius 2 is 2.00 bits per heavy atom. The van der Waals surface area contributed by atoms with Crippen LogP contribution in [-0.4, -0.2) is 19.6 Å². The van der Waals surface area contributed by atoms with E-state index in [1.807, 2.05) is 0 Å². The molecule has 2 nitrogen and oxygen atoms in total. The van der Waals surface area contributed by atoms with Gasteiger partial charge in [0.25, 0.3) is 0 Å². The largest absolute Gasteiger partial charge is 0.330 e. The van der Waals surface area contributed by atoms with Gasteiger partial charge in [-0.25, -0.2) is 0 Å². The summed E-state index contributed by atoms with van der Waals surface area (Å²) in [5.74, 6) is 0. The van der Waals surface area contributed by atoms with E-state index in [0.29, 0.717) is 5.41 Å². The van der Waals surface area contributed by atoms with Crippen LogP contribution < -0.4 is 11.1 Å². The molecule has 1 aliphatic carbocycles. The molecule has 0 saturated heterocycles. The zero-order valence-electron chi connectivity index (χ0n) is 9.32. The molecule has 0 atom stereocenters. The summed E-state index contributed by atoms with van der Waals surface area (Å²) >= 11 is 0. The fourth-order valence-corrected chi connectivity index (χ4v) is 1.73. The molecule has 0 bridgehead atoms.